The van der Waals surface area contributed by atoms with Crippen molar-refractivity contribution in [1.82, 2.24) is 10.4 Å². The predicted octanol–water partition coefficient (Wildman–Crippen LogP) is 2.07. The number of urea groups is 2. The standard InChI is InChI=1S/C12H15N3O3/c1-3-10-13-11(16)14(12(17)15(10)18)9-6-4-8(2)5-7-9/h4-7,10,18H,3H2,1-2H3,(H,13,16). The summed E-state index contributed by atoms with van der Waals surface area (Å²) >= 11 is 0. The highest BCUT2D eigenvalue weighted by atomic mass is 16.5. The second kappa shape index (κ2) is 4.66. The summed E-state index contributed by atoms with van der Waals surface area (Å²) in [4.78, 5) is 24.7. The zero-order valence-corrected chi connectivity index (χ0v) is 10.3. The first kappa shape index (κ1) is 12.4. The van der Waals surface area contributed by atoms with Crippen molar-refractivity contribution >= 4 is 17.7 Å². The Bertz CT molecular complexity index is 472. The van der Waals surface area contributed by atoms with E-state index in [1.54, 1.807) is 31.2 Å². The highest BCUT2D eigenvalue weighted by Crippen LogP contribution is 2.20. The van der Waals surface area contributed by atoms with Crippen LogP contribution in [0.15, 0.2) is 24.3 Å². The third-order valence-electron chi connectivity index (χ3n) is 2.85. The summed E-state index contributed by atoms with van der Waals surface area (Å²) in [5.74, 6) is 0. The number of imide groups is 1. The van der Waals surface area contributed by atoms with Crippen LogP contribution in [-0.2, 0) is 0 Å². The summed E-state index contributed by atoms with van der Waals surface area (Å²) in [6.45, 7) is 3.68. The molecule has 1 fully saturated rings. The van der Waals surface area contributed by atoms with Gasteiger partial charge in [0, 0.05) is 0 Å². The maximum atomic E-state index is 11.9. The van der Waals surface area contributed by atoms with Gasteiger partial charge in [0.2, 0.25) is 0 Å². The largest absolute Gasteiger partial charge is 0.358 e. The number of nitrogens with zero attached hydrogens (tertiary/aromatic N) is 2. The van der Waals surface area contributed by atoms with Gasteiger partial charge in [0.1, 0.15) is 6.17 Å². The molecule has 6 heteroatoms. The topological polar surface area (TPSA) is 72.9 Å². The number of hydroxylamine groups is 2. The second-order valence-electron chi connectivity index (χ2n) is 4.17. The van der Waals surface area contributed by atoms with Crippen molar-refractivity contribution in [1.29, 1.82) is 0 Å². The molecule has 1 aliphatic rings. The summed E-state index contributed by atoms with van der Waals surface area (Å²) in [6, 6.07) is 5.64. The third kappa shape index (κ3) is 2.02. The molecule has 0 radical (unpaired) electrons. The van der Waals surface area contributed by atoms with E-state index in [4.69, 9.17) is 0 Å². The van der Waals surface area contributed by atoms with Crippen LogP contribution in [0.3, 0.4) is 0 Å². The lowest BCUT2D eigenvalue weighted by Gasteiger charge is -2.36. The van der Waals surface area contributed by atoms with E-state index in [2.05, 4.69) is 5.32 Å². The maximum absolute atomic E-state index is 11.9. The van der Waals surface area contributed by atoms with Crippen molar-refractivity contribution in [2.75, 3.05) is 4.90 Å². The molecular weight excluding hydrogens is 234 g/mol. The molecule has 6 nitrogen and oxygen atoms in total. The SMILES string of the molecule is CCC1NC(=O)N(c2ccc(C)cc2)C(=O)N1O. The highest BCUT2D eigenvalue weighted by Gasteiger charge is 2.37. The predicted molar refractivity (Wildman–Crippen MR) is 65.3 cm³/mol. The Morgan fingerprint density at radius 2 is 1.89 bits per heavy atom. The number of amides is 4. The summed E-state index contributed by atoms with van der Waals surface area (Å²) in [6.07, 6.45) is -0.234. The number of aryl methyl sites for hydroxylation is 1. The lowest BCUT2D eigenvalue weighted by atomic mass is 10.2. The van der Waals surface area contributed by atoms with E-state index in [9.17, 15) is 14.8 Å². The lowest BCUT2D eigenvalue weighted by Crippen LogP contribution is -2.64. The molecule has 0 bridgehead atoms. The van der Waals surface area contributed by atoms with Gasteiger partial charge in [-0.15, -0.1) is 0 Å². The van der Waals surface area contributed by atoms with Crippen LogP contribution in [0.4, 0.5) is 15.3 Å². The Balaban J connectivity index is 2.30. The average Bonchev–Trinajstić information content (AvgIpc) is 2.36. The van der Waals surface area contributed by atoms with Crippen LogP contribution >= 0.6 is 0 Å². The lowest BCUT2D eigenvalue weighted by molar-refractivity contribution is -0.0868. The van der Waals surface area contributed by atoms with E-state index in [0.29, 0.717) is 17.2 Å². The molecular formula is C12H15N3O3. The van der Waals surface area contributed by atoms with E-state index < -0.39 is 18.2 Å². The van der Waals surface area contributed by atoms with Gasteiger partial charge >= 0.3 is 12.1 Å². The van der Waals surface area contributed by atoms with E-state index in [1.807, 2.05) is 6.92 Å². The fraction of sp³-hybridized carbons (Fsp3) is 0.333. The minimum atomic E-state index is -0.741. The molecule has 1 unspecified atom stereocenters. The Hall–Kier alpha value is -2.08. The van der Waals surface area contributed by atoms with Gasteiger partial charge in [-0.2, -0.15) is 5.06 Å². The van der Waals surface area contributed by atoms with Crippen molar-refractivity contribution in [3.05, 3.63) is 29.8 Å². The van der Waals surface area contributed by atoms with Crippen molar-refractivity contribution in [3.8, 4) is 0 Å². The number of carbonyl (C=O) groups excluding carboxylic acids is 2. The van der Waals surface area contributed by atoms with E-state index in [0.717, 1.165) is 10.5 Å². The first-order valence-electron chi connectivity index (χ1n) is 5.74. The number of hydrogen-bond acceptors (Lipinski definition) is 3. The quantitative estimate of drug-likeness (QED) is 0.788. The zero-order chi connectivity index (χ0) is 13.3. The molecule has 0 saturated carbocycles. The third-order valence-corrected chi connectivity index (χ3v) is 2.85. The first-order valence-corrected chi connectivity index (χ1v) is 5.74. The Kier molecular flexibility index (Phi) is 3.20. The minimum absolute atomic E-state index is 0.428. The molecule has 2 N–H and O–H groups in total. The van der Waals surface area contributed by atoms with Gasteiger partial charge in [-0.3, -0.25) is 5.21 Å². The molecule has 1 atom stereocenters. The number of hydrogen-bond donors (Lipinski definition) is 2. The monoisotopic (exact) mass is 249 g/mol. The number of carbonyl (C=O) groups is 2. The van der Waals surface area contributed by atoms with Gasteiger partial charge in [0.25, 0.3) is 0 Å². The Labute approximate surface area is 105 Å². The van der Waals surface area contributed by atoms with Crippen LogP contribution in [0.2, 0.25) is 0 Å². The Morgan fingerprint density at radius 1 is 1.28 bits per heavy atom. The first-order chi connectivity index (χ1) is 8.54. The molecule has 2 rings (SSSR count). The summed E-state index contributed by atoms with van der Waals surface area (Å²) < 4.78 is 0. The van der Waals surface area contributed by atoms with Crippen LogP contribution in [0.5, 0.6) is 0 Å². The molecule has 4 amide bonds. The van der Waals surface area contributed by atoms with Crippen LogP contribution in [0.25, 0.3) is 0 Å². The molecule has 0 spiro atoms. The van der Waals surface area contributed by atoms with Crippen LogP contribution in [-0.4, -0.2) is 28.5 Å². The average molecular weight is 249 g/mol. The van der Waals surface area contributed by atoms with Crippen LogP contribution in [0.1, 0.15) is 18.9 Å². The highest BCUT2D eigenvalue weighted by molar-refractivity contribution is 6.14. The van der Waals surface area contributed by atoms with Gasteiger partial charge in [-0.25, -0.2) is 14.5 Å². The number of benzene rings is 1. The van der Waals surface area contributed by atoms with Crippen molar-refractivity contribution in [2.24, 2.45) is 0 Å². The summed E-state index contributed by atoms with van der Waals surface area (Å²) in [5.41, 5.74) is 1.45. The summed E-state index contributed by atoms with van der Waals surface area (Å²) in [7, 11) is 0. The molecule has 0 aliphatic carbocycles. The van der Waals surface area contributed by atoms with Gasteiger partial charge in [-0.05, 0) is 25.5 Å². The molecule has 1 saturated heterocycles. The summed E-state index contributed by atoms with van der Waals surface area (Å²) in [5, 5.41) is 12.8. The van der Waals surface area contributed by atoms with Gasteiger partial charge in [-0.1, -0.05) is 24.6 Å². The van der Waals surface area contributed by atoms with Crippen molar-refractivity contribution in [3.63, 3.8) is 0 Å². The fourth-order valence-electron chi connectivity index (χ4n) is 1.79. The van der Waals surface area contributed by atoms with E-state index in [1.165, 1.54) is 0 Å². The maximum Gasteiger partial charge on any atom is 0.358 e. The number of rotatable bonds is 2. The van der Waals surface area contributed by atoms with E-state index >= 15 is 0 Å². The van der Waals surface area contributed by atoms with E-state index in [-0.39, 0.29) is 0 Å². The fourth-order valence-corrected chi connectivity index (χ4v) is 1.79. The molecule has 1 aliphatic heterocycles. The minimum Gasteiger partial charge on any atom is -0.315 e. The van der Waals surface area contributed by atoms with Crippen LogP contribution in [0, 0.1) is 6.92 Å². The molecule has 1 aromatic rings. The molecule has 18 heavy (non-hydrogen) atoms. The van der Waals surface area contributed by atoms with Crippen LogP contribution < -0.4 is 10.2 Å². The Morgan fingerprint density at radius 3 is 2.44 bits per heavy atom. The number of nitrogens with one attached hydrogen (secondary N) is 1. The smallest absolute Gasteiger partial charge is 0.315 e. The molecule has 1 heterocycles. The molecule has 0 aromatic heterocycles. The van der Waals surface area contributed by atoms with Crippen molar-refractivity contribution in [2.45, 2.75) is 26.4 Å². The molecule has 1 aromatic carbocycles. The second-order valence-corrected chi connectivity index (χ2v) is 4.17. The van der Waals surface area contributed by atoms with Crippen molar-refractivity contribution < 1.29 is 14.8 Å². The molecule has 96 valence electrons. The zero-order valence-electron chi connectivity index (χ0n) is 10.3. The normalized spacial score (nSPS) is 20.1. The number of anilines is 1. The van der Waals surface area contributed by atoms with Gasteiger partial charge in [0.05, 0.1) is 5.69 Å². The van der Waals surface area contributed by atoms with Gasteiger partial charge in [0.15, 0.2) is 0 Å². The van der Waals surface area contributed by atoms with Gasteiger partial charge < -0.3 is 5.32 Å².